The monoisotopic (exact) mass is 220 g/mol. The van der Waals surface area contributed by atoms with E-state index in [-0.39, 0.29) is 5.91 Å². The zero-order valence-corrected chi connectivity index (χ0v) is 10.1. The highest BCUT2D eigenvalue weighted by Gasteiger charge is 2.09. The molecule has 0 aliphatic carbocycles. The highest BCUT2D eigenvalue weighted by molar-refractivity contribution is 5.76. The van der Waals surface area contributed by atoms with Gasteiger partial charge in [-0.05, 0) is 37.5 Å². The molecule has 0 unspecified atom stereocenters. The lowest BCUT2D eigenvalue weighted by Gasteiger charge is -2.20. The van der Waals surface area contributed by atoms with E-state index in [9.17, 15) is 4.79 Å². The Hall–Kier alpha value is -1.38. The molecule has 3 nitrogen and oxygen atoms in total. The molecule has 88 valence electrons. The largest absolute Gasteiger partial charge is 0.343 e. The van der Waals surface area contributed by atoms with Crippen molar-refractivity contribution in [3.8, 4) is 0 Å². The van der Waals surface area contributed by atoms with Crippen LogP contribution in [-0.2, 0) is 11.2 Å². The quantitative estimate of drug-likeness (QED) is 0.737. The van der Waals surface area contributed by atoms with Crippen LogP contribution in [0.5, 0.6) is 0 Å². The smallest absolute Gasteiger partial charge is 0.222 e. The van der Waals surface area contributed by atoms with Crippen LogP contribution in [0.4, 0.5) is 0 Å². The maximum absolute atomic E-state index is 11.7. The van der Waals surface area contributed by atoms with Gasteiger partial charge in [0, 0.05) is 31.9 Å². The Kier molecular flexibility index (Phi) is 5.54. The summed E-state index contributed by atoms with van der Waals surface area (Å²) < 4.78 is 0. The number of carbonyl (C=O) groups excluding carboxylic acids is 1. The number of aromatic nitrogens is 1. The Balaban J connectivity index is 2.43. The van der Waals surface area contributed by atoms with Crippen LogP contribution in [0.2, 0.25) is 0 Å². The second-order valence-electron chi connectivity index (χ2n) is 3.83. The van der Waals surface area contributed by atoms with Crippen LogP contribution in [-0.4, -0.2) is 28.9 Å². The molecule has 16 heavy (non-hydrogen) atoms. The lowest BCUT2D eigenvalue weighted by molar-refractivity contribution is -0.131. The van der Waals surface area contributed by atoms with E-state index < -0.39 is 0 Å². The van der Waals surface area contributed by atoms with Crippen LogP contribution < -0.4 is 0 Å². The van der Waals surface area contributed by atoms with Gasteiger partial charge in [-0.25, -0.2) is 0 Å². The van der Waals surface area contributed by atoms with E-state index in [0.717, 1.165) is 25.9 Å². The molecule has 0 fully saturated rings. The first-order valence-electron chi connectivity index (χ1n) is 5.94. The van der Waals surface area contributed by atoms with E-state index in [0.29, 0.717) is 6.42 Å². The fraction of sp³-hybridized carbons (Fsp3) is 0.538. The highest BCUT2D eigenvalue weighted by Crippen LogP contribution is 2.02. The van der Waals surface area contributed by atoms with Gasteiger partial charge < -0.3 is 4.90 Å². The third-order valence-corrected chi connectivity index (χ3v) is 2.62. The Labute approximate surface area is 97.5 Å². The van der Waals surface area contributed by atoms with Gasteiger partial charge in [0.1, 0.15) is 0 Å². The molecule has 0 N–H and O–H groups in total. The molecule has 1 heterocycles. The van der Waals surface area contributed by atoms with Gasteiger partial charge in [-0.3, -0.25) is 9.78 Å². The zero-order valence-electron chi connectivity index (χ0n) is 10.1. The Morgan fingerprint density at radius 2 is 2.00 bits per heavy atom. The van der Waals surface area contributed by atoms with E-state index in [4.69, 9.17) is 0 Å². The second kappa shape index (κ2) is 6.99. The number of amides is 1. The zero-order chi connectivity index (χ0) is 11.8. The molecule has 0 radical (unpaired) electrons. The number of pyridine rings is 1. The SMILES string of the molecule is CCCC(=O)N(CC)CCc1ccncc1. The van der Waals surface area contributed by atoms with Crippen molar-refractivity contribution in [2.45, 2.75) is 33.1 Å². The van der Waals surface area contributed by atoms with Crippen LogP contribution in [0.1, 0.15) is 32.3 Å². The summed E-state index contributed by atoms with van der Waals surface area (Å²) in [6, 6.07) is 4.00. The lowest BCUT2D eigenvalue weighted by Crippen LogP contribution is -2.32. The molecule has 0 bridgehead atoms. The normalized spacial score (nSPS) is 10.1. The van der Waals surface area contributed by atoms with Crippen molar-refractivity contribution >= 4 is 5.91 Å². The Bertz CT molecular complexity index is 311. The third kappa shape index (κ3) is 4.01. The molecule has 1 aromatic heterocycles. The van der Waals surface area contributed by atoms with Gasteiger partial charge >= 0.3 is 0 Å². The maximum Gasteiger partial charge on any atom is 0.222 e. The Morgan fingerprint density at radius 1 is 1.31 bits per heavy atom. The standard InChI is InChI=1S/C13H20N2O/c1-3-5-13(16)15(4-2)11-8-12-6-9-14-10-7-12/h6-7,9-10H,3-5,8,11H2,1-2H3. The molecule has 1 amide bonds. The molecule has 0 spiro atoms. The van der Waals surface area contributed by atoms with E-state index >= 15 is 0 Å². The summed E-state index contributed by atoms with van der Waals surface area (Å²) in [7, 11) is 0. The number of hydrogen-bond acceptors (Lipinski definition) is 2. The molecule has 0 saturated heterocycles. The second-order valence-corrected chi connectivity index (χ2v) is 3.83. The Morgan fingerprint density at radius 3 is 2.56 bits per heavy atom. The molecule has 0 aromatic carbocycles. The maximum atomic E-state index is 11.7. The minimum atomic E-state index is 0.263. The average molecular weight is 220 g/mol. The first-order valence-corrected chi connectivity index (χ1v) is 5.94. The predicted molar refractivity (Wildman–Crippen MR) is 65.1 cm³/mol. The van der Waals surface area contributed by atoms with Gasteiger partial charge in [-0.2, -0.15) is 0 Å². The van der Waals surface area contributed by atoms with E-state index in [1.54, 1.807) is 12.4 Å². The predicted octanol–water partition coefficient (Wildman–Crippen LogP) is 2.27. The van der Waals surface area contributed by atoms with Crippen molar-refractivity contribution in [2.75, 3.05) is 13.1 Å². The van der Waals surface area contributed by atoms with Crippen molar-refractivity contribution in [1.82, 2.24) is 9.88 Å². The number of hydrogen-bond donors (Lipinski definition) is 0. The topological polar surface area (TPSA) is 33.2 Å². The number of rotatable bonds is 6. The molecule has 0 aliphatic heterocycles. The summed E-state index contributed by atoms with van der Waals surface area (Å²) in [5, 5.41) is 0. The molecule has 1 aromatic rings. The summed E-state index contributed by atoms with van der Waals surface area (Å²) >= 11 is 0. The van der Waals surface area contributed by atoms with E-state index in [2.05, 4.69) is 4.98 Å². The van der Waals surface area contributed by atoms with Crippen LogP contribution in [0.25, 0.3) is 0 Å². The minimum absolute atomic E-state index is 0.263. The fourth-order valence-corrected chi connectivity index (χ4v) is 1.64. The first-order chi connectivity index (χ1) is 7.77. The van der Waals surface area contributed by atoms with Gasteiger partial charge in [0.25, 0.3) is 0 Å². The van der Waals surface area contributed by atoms with Crippen molar-refractivity contribution in [1.29, 1.82) is 0 Å². The number of likely N-dealkylation sites (N-methyl/N-ethyl adjacent to an activating group) is 1. The third-order valence-electron chi connectivity index (χ3n) is 2.62. The summed E-state index contributed by atoms with van der Waals surface area (Å²) in [5.74, 6) is 0.263. The molecule has 0 atom stereocenters. The van der Waals surface area contributed by atoms with Crippen molar-refractivity contribution in [3.05, 3.63) is 30.1 Å². The number of nitrogens with zero attached hydrogens (tertiary/aromatic N) is 2. The van der Waals surface area contributed by atoms with Gasteiger partial charge in [-0.15, -0.1) is 0 Å². The first kappa shape index (κ1) is 12.7. The van der Waals surface area contributed by atoms with Gasteiger partial charge in [-0.1, -0.05) is 6.92 Å². The molecular formula is C13H20N2O. The summed E-state index contributed by atoms with van der Waals surface area (Å²) in [4.78, 5) is 17.6. The van der Waals surface area contributed by atoms with E-state index in [1.165, 1.54) is 5.56 Å². The lowest BCUT2D eigenvalue weighted by atomic mass is 10.2. The van der Waals surface area contributed by atoms with Crippen LogP contribution in [0.3, 0.4) is 0 Å². The van der Waals surface area contributed by atoms with Crippen LogP contribution >= 0.6 is 0 Å². The summed E-state index contributed by atoms with van der Waals surface area (Å²) in [6.45, 7) is 5.66. The highest BCUT2D eigenvalue weighted by atomic mass is 16.2. The van der Waals surface area contributed by atoms with Crippen LogP contribution in [0, 0.1) is 0 Å². The summed E-state index contributed by atoms with van der Waals surface area (Å²) in [6.07, 6.45) is 6.07. The average Bonchev–Trinajstić information content (AvgIpc) is 2.31. The van der Waals surface area contributed by atoms with Gasteiger partial charge in [0.15, 0.2) is 0 Å². The molecule has 3 heteroatoms. The van der Waals surface area contributed by atoms with Gasteiger partial charge in [0.05, 0.1) is 0 Å². The molecular weight excluding hydrogens is 200 g/mol. The number of carbonyl (C=O) groups is 1. The van der Waals surface area contributed by atoms with Crippen molar-refractivity contribution < 1.29 is 4.79 Å². The minimum Gasteiger partial charge on any atom is -0.343 e. The fourth-order valence-electron chi connectivity index (χ4n) is 1.64. The van der Waals surface area contributed by atoms with Gasteiger partial charge in [0.2, 0.25) is 5.91 Å². The van der Waals surface area contributed by atoms with Crippen molar-refractivity contribution in [3.63, 3.8) is 0 Å². The van der Waals surface area contributed by atoms with Crippen molar-refractivity contribution in [2.24, 2.45) is 0 Å². The molecule has 1 rings (SSSR count). The van der Waals surface area contributed by atoms with E-state index in [1.807, 2.05) is 30.9 Å². The molecule has 0 aliphatic rings. The summed E-state index contributed by atoms with van der Waals surface area (Å²) in [5.41, 5.74) is 1.23. The molecule has 0 saturated carbocycles. The van der Waals surface area contributed by atoms with Crippen LogP contribution in [0.15, 0.2) is 24.5 Å².